The third kappa shape index (κ3) is 1.04. The first-order valence-corrected chi connectivity index (χ1v) is 6.28. The molecule has 2 aliphatic heterocycles. The van der Waals surface area contributed by atoms with E-state index in [1.54, 1.807) is 0 Å². The van der Waals surface area contributed by atoms with Crippen molar-refractivity contribution in [3.05, 3.63) is 35.4 Å². The van der Waals surface area contributed by atoms with Crippen molar-refractivity contribution < 1.29 is 0 Å². The number of thioether (sulfide) groups is 1. The maximum atomic E-state index is 2.52. The van der Waals surface area contributed by atoms with Crippen LogP contribution in [-0.2, 0) is 6.42 Å². The monoisotopic (exact) mass is 203 g/mol. The molecular formula is C12H13NS. The summed E-state index contributed by atoms with van der Waals surface area (Å²) in [7, 11) is 0. The van der Waals surface area contributed by atoms with Crippen LogP contribution in [0.2, 0.25) is 0 Å². The van der Waals surface area contributed by atoms with Gasteiger partial charge in [0.2, 0.25) is 0 Å². The number of para-hydroxylation sites is 1. The van der Waals surface area contributed by atoms with Crippen molar-refractivity contribution in [2.75, 3.05) is 17.7 Å². The Balaban J connectivity index is 2.16. The van der Waals surface area contributed by atoms with Gasteiger partial charge in [0.25, 0.3) is 0 Å². The third-order valence-electron chi connectivity index (χ3n) is 3.05. The van der Waals surface area contributed by atoms with Crippen molar-refractivity contribution in [3.8, 4) is 0 Å². The van der Waals surface area contributed by atoms with Gasteiger partial charge in [-0.15, -0.1) is 11.8 Å². The van der Waals surface area contributed by atoms with E-state index in [0.717, 1.165) is 0 Å². The van der Waals surface area contributed by atoms with E-state index in [9.17, 15) is 0 Å². The van der Waals surface area contributed by atoms with Crippen molar-refractivity contribution in [2.45, 2.75) is 11.8 Å². The summed E-state index contributed by atoms with van der Waals surface area (Å²) in [5.41, 5.74) is 4.39. The predicted molar refractivity (Wildman–Crippen MR) is 63.8 cm³/mol. The van der Waals surface area contributed by atoms with E-state index in [0.29, 0.717) is 5.37 Å². The zero-order valence-electron chi connectivity index (χ0n) is 8.23. The molecule has 1 nitrogen and oxygen atoms in total. The van der Waals surface area contributed by atoms with Gasteiger partial charge in [0.1, 0.15) is 0 Å². The van der Waals surface area contributed by atoms with Gasteiger partial charge in [0, 0.05) is 12.2 Å². The van der Waals surface area contributed by atoms with Crippen LogP contribution in [0.3, 0.4) is 0 Å². The van der Waals surface area contributed by atoms with E-state index in [1.807, 2.05) is 11.8 Å². The van der Waals surface area contributed by atoms with Crippen molar-refractivity contribution in [2.24, 2.45) is 0 Å². The van der Waals surface area contributed by atoms with Crippen molar-refractivity contribution in [3.63, 3.8) is 0 Å². The number of hydrogen-bond acceptors (Lipinski definition) is 2. The first-order valence-electron chi connectivity index (χ1n) is 4.99. The van der Waals surface area contributed by atoms with E-state index in [2.05, 4.69) is 41.5 Å². The topological polar surface area (TPSA) is 3.24 Å². The fourth-order valence-electron chi connectivity index (χ4n) is 2.40. The average Bonchev–Trinajstić information content (AvgIpc) is 2.66. The molecule has 1 aromatic rings. The number of anilines is 1. The second-order valence-corrected chi connectivity index (χ2v) is 4.74. The quantitative estimate of drug-likeness (QED) is 0.690. The van der Waals surface area contributed by atoms with E-state index in [1.165, 1.54) is 29.8 Å². The van der Waals surface area contributed by atoms with Gasteiger partial charge in [-0.1, -0.05) is 30.4 Å². The first kappa shape index (κ1) is 8.42. The first-order chi connectivity index (χ1) is 6.90. The van der Waals surface area contributed by atoms with Crippen LogP contribution in [-0.4, -0.2) is 18.2 Å². The largest absolute Gasteiger partial charge is 0.355 e. The van der Waals surface area contributed by atoms with Gasteiger partial charge in [0.15, 0.2) is 0 Å². The predicted octanol–water partition coefficient (Wildman–Crippen LogP) is 2.77. The highest BCUT2D eigenvalue weighted by atomic mass is 32.2. The fourth-order valence-corrected chi connectivity index (χ4v) is 3.10. The lowest BCUT2D eigenvalue weighted by Gasteiger charge is -2.30. The summed E-state index contributed by atoms with van der Waals surface area (Å²) in [5, 5.41) is 0.547. The van der Waals surface area contributed by atoms with Crippen molar-refractivity contribution in [1.29, 1.82) is 0 Å². The van der Waals surface area contributed by atoms with E-state index >= 15 is 0 Å². The standard InChI is InChI=1S/C12H13NS/c1-14-11-6-5-9-3-2-4-10-7-8-13(11)12(9)10/h2-6,11H,7-8H2,1H3. The van der Waals surface area contributed by atoms with Crippen molar-refractivity contribution in [1.82, 2.24) is 0 Å². The Hall–Kier alpha value is -0.890. The molecule has 2 aliphatic rings. The lowest BCUT2D eigenvalue weighted by Crippen LogP contribution is -2.31. The van der Waals surface area contributed by atoms with Crippen LogP contribution in [0.25, 0.3) is 6.08 Å². The van der Waals surface area contributed by atoms with E-state index in [-0.39, 0.29) is 0 Å². The Morgan fingerprint density at radius 2 is 2.36 bits per heavy atom. The molecule has 0 radical (unpaired) electrons. The normalized spacial score (nSPS) is 22.6. The molecule has 72 valence electrons. The summed E-state index contributed by atoms with van der Waals surface area (Å²) in [6.07, 6.45) is 7.97. The number of benzene rings is 1. The molecule has 0 aliphatic carbocycles. The number of rotatable bonds is 1. The molecule has 1 atom stereocenters. The molecule has 0 saturated carbocycles. The Morgan fingerprint density at radius 1 is 1.43 bits per heavy atom. The molecule has 14 heavy (non-hydrogen) atoms. The summed E-state index contributed by atoms with van der Waals surface area (Å²) in [6.45, 7) is 1.18. The second kappa shape index (κ2) is 3.06. The van der Waals surface area contributed by atoms with E-state index < -0.39 is 0 Å². The molecule has 0 saturated heterocycles. The number of nitrogens with zero attached hydrogens (tertiary/aromatic N) is 1. The molecule has 0 aromatic heterocycles. The smallest absolute Gasteiger partial charge is 0.0936 e. The van der Waals surface area contributed by atoms with Crippen LogP contribution in [0.5, 0.6) is 0 Å². The highest BCUT2D eigenvalue weighted by Crippen LogP contribution is 2.39. The van der Waals surface area contributed by atoms with Gasteiger partial charge in [-0.05, 0) is 23.8 Å². The highest BCUT2D eigenvalue weighted by Gasteiger charge is 2.28. The summed E-state index contributed by atoms with van der Waals surface area (Å²) < 4.78 is 0. The maximum Gasteiger partial charge on any atom is 0.0936 e. The Labute approximate surface area is 88.8 Å². The van der Waals surface area contributed by atoms with Crippen LogP contribution in [0.4, 0.5) is 5.69 Å². The Bertz CT molecular complexity index is 397. The SMILES string of the molecule is CSC1C=Cc2cccc3c2N1CC3. The molecule has 2 heteroatoms. The molecule has 1 aromatic carbocycles. The zero-order chi connectivity index (χ0) is 9.54. The molecule has 0 amide bonds. The lowest BCUT2D eigenvalue weighted by atomic mass is 10.1. The summed E-state index contributed by atoms with van der Waals surface area (Å²) in [5.74, 6) is 0. The second-order valence-electron chi connectivity index (χ2n) is 3.78. The van der Waals surface area contributed by atoms with Gasteiger partial charge in [-0.25, -0.2) is 0 Å². The van der Waals surface area contributed by atoms with Crippen LogP contribution < -0.4 is 4.90 Å². The maximum absolute atomic E-state index is 2.52. The molecule has 0 spiro atoms. The van der Waals surface area contributed by atoms with Gasteiger partial charge in [-0.2, -0.15) is 0 Å². The van der Waals surface area contributed by atoms with Gasteiger partial charge < -0.3 is 4.90 Å². The lowest BCUT2D eigenvalue weighted by molar-refractivity contribution is 0.867. The minimum atomic E-state index is 0.547. The number of hydrogen-bond donors (Lipinski definition) is 0. The van der Waals surface area contributed by atoms with Crippen LogP contribution in [0.1, 0.15) is 11.1 Å². The molecule has 0 N–H and O–H groups in total. The van der Waals surface area contributed by atoms with Crippen LogP contribution in [0.15, 0.2) is 24.3 Å². The molecule has 3 rings (SSSR count). The minimum Gasteiger partial charge on any atom is -0.355 e. The van der Waals surface area contributed by atoms with Gasteiger partial charge in [0.05, 0.1) is 5.37 Å². The Kier molecular flexibility index (Phi) is 1.84. The molecule has 2 heterocycles. The zero-order valence-corrected chi connectivity index (χ0v) is 9.05. The van der Waals surface area contributed by atoms with Gasteiger partial charge >= 0.3 is 0 Å². The van der Waals surface area contributed by atoms with Crippen LogP contribution in [0, 0.1) is 0 Å². The summed E-state index contributed by atoms with van der Waals surface area (Å²) in [6, 6.07) is 6.64. The van der Waals surface area contributed by atoms with Gasteiger partial charge in [-0.3, -0.25) is 0 Å². The molecule has 0 fully saturated rings. The highest BCUT2D eigenvalue weighted by molar-refractivity contribution is 7.99. The summed E-state index contributed by atoms with van der Waals surface area (Å²) in [4.78, 5) is 2.52. The Morgan fingerprint density at radius 3 is 3.21 bits per heavy atom. The molecule has 1 unspecified atom stereocenters. The third-order valence-corrected chi connectivity index (χ3v) is 3.94. The molecule has 0 bridgehead atoms. The van der Waals surface area contributed by atoms with Crippen molar-refractivity contribution >= 4 is 23.5 Å². The minimum absolute atomic E-state index is 0.547. The summed E-state index contributed by atoms with van der Waals surface area (Å²) >= 11 is 1.91. The van der Waals surface area contributed by atoms with Crippen LogP contribution >= 0.6 is 11.8 Å². The molecular weight excluding hydrogens is 190 g/mol. The fraction of sp³-hybridized carbons (Fsp3) is 0.333. The average molecular weight is 203 g/mol. The van der Waals surface area contributed by atoms with E-state index in [4.69, 9.17) is 0 Å².